The minimum atomic E-state index is 0.805. The van der Waals surface area contributed by atoms with Gasteiger partial charge in [0.15, 0.2) is 5.96 Å². The van der Waals surface area contributed by atoms with Crippen LogP contribution in [0, 0.1) is 13.8 Å². The molecule has 0 radical (unpaired) electrons. The molecule has 1 aromatic rings. The van der Waals surface area contributed by atoms with Gasteiger partial charge < -0.3 is 10.6 Å². The third-order valence-corrected chi connectivity index (χ3v) is 3.06. The molecule has 2 N–H and O–H groups in total. The Morgan fingerprint density at radius 3 is 2.80 bits per heavy atom. The van der Waals surface area contributed by atoms with Crippen LogP contribution in [0.5, 0.6) is 0 Å². The first kappa shape index (κ1) is 10.3. The first-order chi connectivity index (χ1) is 7.18. The van der Waals surface area contributed by atoms with Gasteiger partial charge in [0.1, 0.15) is 0 Å². The van der Waals surface area contributed by atoms with Crippen LogP contribution in [0.4, 0.5) is 5.69 Å². The number of rotatable bonds is 1. The SMILES string of the molecule is Cc1c(Cl)ccc(NC2=NCCN2)c1C. The van der Waals surface area contributed by atoms with E-state index in [1.807, 2.05) is 19.1 Å². The van der Waals surface area contributed by atoms with Gasteiger partial charge in [0, 0.05) is 17.3 Å². The zero-order chi connectivity index (χ0) is 10.8. The summed E-state index contributed by atoms with van der Waals surface area (Å²) in [6.07, 6.45) is 0. The van der Waals surface area contributed by atoms with Crippen molar-refractivity contribution in [2.45, 2.75) is 13.8 Å². The van der Waals surface area contributed by atoms with E-state index in [0.717, 1.165) is 35.3 Å². The van der Waals surface area contributed by atoms with E-state index in [1.54, 1.807) is 0 Å². The van der Waals surface area contributed by atoms with Gasteiger partial charge in [-0.15, -0.1) is 0 Å². The number of nitrogens with zero attached hydrogens (tertiary/aromatic N) is 1. The fraction of sp³-hybridized carbons (Fsp3) is 0.364. The summed E-state index contributed by atoms with van der Waals surface area (Å²) in [5.74, 6) is 0.847. The Kier molecular flexibility index (Phi) is 2.82. The van der Waals surface area contributed by atoms with E-state index in [4.69, 9.17) is 11.6 Å². The summed E-state index contributed by atoms with van der Waals surface area (Å²) in [5.41, 5.74) is 3.34. The van der Waals surface area contributed by atoms with E-state index < -0.39 is 0 Å². The molecule has 3 nitrogen and oxygen atoms in total. The highest BCUT2D eigenvalue weighted by atomic mass is 35.5. The molecule has 4 heteroatoms. The summed E-state index contributed by atoms with van der Waals surface area (Å²) in [6, 6.07) is 3.88. The number of halogens is 1. The molecule has 0 saturated carbocycles. The molecule has 2 rings (SSSR count). The van der Waals surface area contributed by atoms with Crippen molar-refractivity contribution in [3.63, 3.8) is 0 Å². The maximum Gasteiger partial charge on any atom is 0.195 e. The van der Waals surface area contributed by atoms with E-state index >= 15 is 0 Å². The second kappa shape index (κ2) is 4.11. The van der Waals surface area contributed by atoms with E-state index in [-0.39, 0.29) is 0 Å². The maximum atomic E-state index is 6.03. The molecular formula is C11H14ClN3. The third-order valence-electron chi connectivity index (χ3n) is 2.65. The summed E-state index contributed by atoms with van der Waals surface area (Å²) >= 11 is 6.03. The molecule has 0 fully saturated rings. The predicted molar refractivity (Wildman–Crippen MR) is 64.9 cm³/mol. The Morgan fingerprint density at radius 1 is 1.33 bits per heavy atom. The van der Waals surface area contributed by atoms with Gasteiger partial charge in [-0.25, -0.2) is 0 Å². The smallest absolute Gasteiger partial charge is 0.195 e. The highest BCUT2D eigenvalue weighted by Crippen LogP contribution is 2.25. The molecule has 1 aliphatic rings. The van der Waals surface area contributed by atoms with Crippen LogP contribution in [0.15, 0.2) is 17.1 Å². The molecule has 0 aliphatic carbocycles. The van der Waals surface area contributed by atoms with Crippen LogP contribution in [-0.4, -0.2) is 19.0 Å². The Morgan fingerprint density at radius 2 is 2.13 bits per heavy atom. The first-order valence-corrected chi connectivity index (χ1v) is 5.37. The lowest BCUT2D eigenvalue weighted by atomic mass is 10.1. The summed E-state index contributed by atoms with van der Waals surface area (Å²) in [7, 11) is 0. The fourth-order valence-corrected chi connectivity index (χ4v) is 1.74. The molecule has 0 amide bonds. The number of anilines is 1. The molecule has 15 heavy (non-hydrogen) atoms. The Hall–Kier alpha value is -1.22. The van der Waals surface area contributed by atoms with E-state index in [0.29, 0.717) is 0 Å². The van der Waals surface area contributed by atoms with Crippen molar-refractivity contribution in [1.82, 2.24) is 5.32 Å². The monoisotopic (exact) mass is 223 g/mol. The van der Waals surface area contributed by atoms with E-state index in [2.05, 4.69) is 22.5 Å². The van der Waals surface area contributed by atoms with Crippen molar-refractivity contribution in [3.05, 3.63) is 28.3 Å². The lowest BCUT2D eigenvalue weighted by Crippen LogP contribution is -2.26. The maximum absolute atomic E-state index is 6.03. The van der Waals surface area contributed by atoms with Crippen molar-refractivity contribution in [2.24, 2.45) is 4.99 Å². The van der Waals surface area contributed by atoms with Gasteiger partial charge in [-0.05, 0) is 37.1 Å². The quantitative estimate of drug-likeness (QED) is 0.767. The number of benzene rings is 1. The van der Waals surface area contributed by atoms with Crippen molar-refractivity contribution in [1.29, 1.82) is 0 Å². The van der Waals surface area contributed by atoms with Crippen molar-refractivity contribution < 1.29 is 0 Å². The Bertz CT molecular complexity index is 413. The molecule has 0 bridgehead atoms. The predicted octanol–water partition coefficient (Wildman–Crippen LogP) is 2.33. The second-order valence-corrected chi connectivity index (χ2v) is 4.03. The van der Waals surface area contributed by atoms with Gasteiger partial charge in [-0.1, -0.05) is 11.6 Å². The van der Waals surface area contributed by atoms with Crippen LogP contribution in [0.25, 0.3) is 0 Å². The van der Waals surface area contributed by atoms with E-state index in [1.165, 1.54) is 5.56 Å². The molecule has 0 saturated heterocycles. The van der Waals surface area contributed by atoms with E-state index in [9.17, 15) is 0 Å². The van der Waals surface area contributed by atoms with Crippen LogP contribution >= 0.6 is 11.6 Å². The molecule has 0 atom stereocenters. The number of nitrogens with one attached hydrogen (secondary N) is 2. The van der Waals surface area contributed by atoms with Crippen LogP contribution in [-0.2, 0) is 0 Å². The largest absolute Gasteiger partial charge is 0.354 e. The normalized spacial score (nSPS) is 14.7. The standard InChI is InChI=1S/C11H14ClN3/c1-7-8(2)10(4-3-9(7)12)15-11-13-5-6-14-11/h3-4H,5-6H2,1-2H3,(H2,13,14,15). The summed E-state index contributed by atoms with van der Waals surface area (Å²) in [5, 5.41) is 7.23. The zero-order valence-electron chi connectivity index (χ0n) is 8.89. The lowest BCUT2D eigenvalue weighted by Gasteiger charge is -2.12. The molecular weight excluding hydrogens is 210 g/mol. The highest BCUT2D eigenvalue weighted by Gasteiger charge is 2.08. The highest BCUT2D eigenvalue weighted by molar-refractivity contribution is 6.31. The third kappa shape index (κ3) is 2.07. The Labute approximate surface area is 94.5 Å². The average Bonchev–Trinajstić information content (AvgIpc) is 2.72. The fourth-order valence-electron chi connectivity index (χ4n) is 1.53. The molecule has 80 valence electrons. The Balaban J connectivity index is 2.25. The minimum absolute atomic E-state index is 0.805. The first-order valence-electron chi connectivity index (χ1n) is 4.99. The van der Waals surface area contributed by atoms with Crippen molar-refractivity contribution in [2.75, 3.05) is 18.4 Å². The molecule has 1 aromatic carbocycles. The number of hydrogen-bond acceptors (Lipinski definition) is 3. The summed E-state index contributed by atoms with van der Waals surface area (Å²) < 4.78 is 0. The van der Waals surface area contributed by atoms with Crippen molar-refractivity contribution in [3.8, 4) is 0 Å². The summed E-state index contributed by atoms with van der Waals surface area (Å²) in [4.78, 5) is 4.29. The van der Waals surface area contributed by atoms with Gasteiger partial charge in [0.2, 0.25) is 0 Å². The molecule has 1 heterocycles. The van der Waals surface area contributed by atoms with Crippen LogP contribution < -0.4 is 10.6 Å². The van der Waals surface area contributed by atoms with Crippen LogP contribution in [0.1, 0.15) is 11.1 Å². The van der Waals surface area contributed by atoms with Gasteiger partial charge in [-0.3, -0.25) is 4.99 Å². The minimum Gasteiger partial charge on any atom is -0.354 e. The molecule has 1 aliphatic heterocycles. The van der Waals surface area contributed by atoms with Gasteiger partial charge in [0.25, 0.3) is 0 Å². The zero-order valence-corrected chi connectivity index (χ0v) is 9.65. The van der Waals surface area contributed by atoms with Crippen LogP contribution in [0.2, 0.25) is 5.02 Å². The van der Waals surface area contributed by atoms with Gasteiger partial charge in [-0.2, -0.15) is 0 Å². The molecule has 0 aromatic heterocycles. The topological polar surface area (TPSA) is 36.4 Å². The van der Waals surface area contributed by atoms with Crippen molar-refractivity contribution >= 4 is 23.2 Å². The lowest BCUT2D eigenvalue weighted by molar-refractivity contribution is 0.959. The number of aliphatic imine (C=N–C) groups is 1. The summed E-state index contributed by atoms with van der Waals surface area (Å²) in [6.45, 7) is 5.83. The molecule has 0 spiro atoms. The number of hydrogen-bond donors (Lipinski definition) is 2. The average molecular weight is 224 g/mol. The second-order valence-electron chi connectivity index (χ2n) is 3.63. The number of guanidine groups is 1. The van der Waals surface area contributed by atoms with Gasteiger partial charge >= 0.3 is 0 Å². The van der Waals surface area contributed by atoms with Gasteiger partial charge in [0.05, 0.1) is 6.54 Å². The van der Waals surface area contributed by atoms with Crippen LogP contribution in [0.3, 0.4) is 0 Å². The molecule has 0 unspecified atom stereocenters.